The van der Waals surface area contributed by atoms with Crippen LogP contribution in [0.15, 0.2) is 24.3 Å². The Morgan fingerprint density at radius 1 is 1.22 bits per heavy atom. The average molecular weight is 359 g/mol. The molecule has 130 valence electrons. The molecule has 6 heteroatoms. The molecule has 0 unspecified atom stereocenters. The van der Waals surface area contributed by atoms with E-state index in [1.165, 1.54) is 6.42 Å². The lowest BCUT2D eigenvalue weighted by molar-refractivity contribution is 0.140. The number of halogens is 1. The van der Waals surface area contributed by atoms with Gasteiger partial charge in [0, 0.05) is 24.7 Å². The van der Waals surface area contributed by atoms with Gasteiger partial charge in [0.25, 0.3) is 0 Å². The van der Waals surface area contributed by atoms with Gasteiger partial charge in [-0.05, 0) is 42.9 Å². The summed E-state index contributed by atoms with van der Waals surface area (Å²) in [7, 11) is -3.33. The molecule has 1 saturated heterocycles. The Hall–Kier alpha value is -0.620. The van der Waals surface area contributed by atoms with Crippen LogP contribution in [0.2, 0.25) is 5.02 Å². The molecular weight excluding hydrogens is 332 g/mol. The lowest BCUT2D eigenvalue weighted by atomic mass is 9.92. The zero-order chi connectivity index (χ0) is 16.9. The van der Waals surface area contributed by atoms with E-state index in [-0.39, 0.29) is 5.75 Å². The van der Waals surface area contributed by atoms with Gasteiger partial charge in [-0.15, -0.1) is 0 Å². The van der Waals surface area contributed by atoms with Gasteiger partial charge >= 0.3 is 0 Å². The molecule has 2 rings (SSSR count). The molecule has 1 aromatic rings. The quantitative estimate of drug-likeness (QED) is 0.762. The minimum atomic E-state index is -3.33. The molecule has 23 heavy (non-hydrogen) atoms. The molecule has 1 N–H and O–H groups in total. The predicted molar refractivity (Wildman–Crippen MR) is 96.1 cm³/mol. The predicted octanol–water partition coefficient (Wildman–Crippen LogP) is 3.13. The molecule has 0 aromatic heterocycles. The maximum absolute atomic E-state index is 12.1. The van der Waals surface area contributed by atoms with E-state index < -0.39 is 10.0 Å². The van der Waals surface area contributed by atoms with Crippen molar-refractivity contribution in [1.82, 2.24) is 9.62 Å². The van der Waals surface area contributed by atoms with E-state index in [4.69, 9.17) is 11.6 Å². The second kappa shape index (κ2) is 8.47. The Labute approximate surface area is 145 Å². The first kappa shape index (κ1) is 18.7. The summed E-state index contributed by atoms with van der Waals surface area (Å²) in [6.07, 6.45) is 2.13. The van der Waals surface area contributed by atoms with Crippen molar-refractivity contribution in [1.29, 1.82) is 0 Å². The molecule has 1 heterocycles. The Balaban J connectivity index is 1.74. The summed E-state index contributed by atoms with van der Waals surface area (Å²) in [4.78, 5) is 2.45. The minimum absolute atomic E-state index is 0.0650. The molecule has 4 nitrogen and oxygen atoms in total. The minimum Gasteiger partial charge on any atom is -0.303 e. The van der Waals surface area contributed by atoms with Gasteiger partial charge in [-0.3, -0.25) is 0 Å². The van der Waals surface area contributed by atoms with Crippen LogP contribution in [-0.4, -0.2) is 39.5 Å². The first-order valence-electron chi connectivity index (χ1n) is 8.29. The van der Waals surface area contributed by atoms with Crippen molar-refractivity contribution < 1.29 is 8.42 Å². The van der Waals surface area contributed by atoms with Crippen molar-refractivity contribution >= 4 is 21.6 Å². The number of nitrogens with zero attached hydrogens (tertiary/aromatic N) is 1. The van der Waals surface area contributed by atoms with Crippen LogP contribution in [-0.2, 0) is 15.8 Å². The van der Waals surface area contributed by atoms with Crippen LogP contribution in [0.5, 0.6) is 0 Å². The van der Waals surface area contributed by atoms with Crippen LogP contribution in [0.3, 0.4) is 0 Å². The maximum Gasteiger partial charge on any atom is 0.215 e. The zero-order valence-corrected chi connectivity index (χ0v) is 15.5. The number of rotatable bonds is 7. The molecule has 0 bridgehead atoms. The highest BCUT2D eigenvalue weighted by molar-refractivity contribution is 7.88. The van der Waals surface area contributed by atoms with Crippen molar-refractivity contribution in [2.24, 2.45) is 11.8 Å². The number of piperidine rings is 1. The van der Waals surface area contributed by atoms with Gasteiger partial charge < -0.3 is 4.90 Å². The highest BCUT2D eigenvalue weighted by Gasteiger charge is 2.21. The van der Waals surface area contributed by atoms with Crippen LogP contribution in [0.4, 0.5) is 0 Å². The molecule has 0 saturated carbocycles. The van der Waals surface area contributed by atoms with Gasteiger partial charge in [0.05, 0.1) is 5.75 Å². The molecule has 0 amide bonds. The highest BCUT2D eigenvalue weighted by Crippen LogP contribution is 2.21. The summed E-state index contributed by atoms with van der Waals surface area (Å²) < 4.78 is 26.9. The van der Waals surface area contributed by atoms with E-state index in [1.54, 1.807) is 24.3 Å². The third kappa shape index (κ3) is 6.42. The molecule has 2 atom stereocenters. The van der Waals surface area contributed by atoms with Gasteiger partial charge in [0.2, 0.25) is 10.0 Å². The van der Waals surface area contributed by atoms with E-state index >= 15 is 0 Å². The van der Waals surface area contributed by atoms with E-state index in [0.717, 1.165) is 37.9 Å². The van der Waals surface area contributed by atoms with Gasteiger partial charge in [0.15, 0.2) is 0 Å². The Kier molecular flexibility index (Phi) is 6.89. The third-order valence-electron chi connectivity index (χ3n) is 4.22. The lowest BCUT2D eigenvalue weighted by Gasteiger charge is -2.34. The topological polar surface area (TPSA) is 49.4 Å². The number of sulfonamides is 1. The van der Waals surface area contributed by atoms with Gasteiger partial charge in [-0.25, -0.2) is 13.1 Å². The first-order chi connectivity index (χ1) is 10.9. The van der Waals surface area contributed by atoms with Crippen molar-refractivity contribution in [2.75, 3.05) is 26.2 Å². The summed E-state index contributed by atoms with van der Waals surface area (Å²) in [5.41, 5.74) is 0.639. The molecule has 1 aromatic carbocycles. The molecule has 1 aliphatic rings. The Bertz CT molecular complexity index is 596. The van der Waals surface area contributed by atoms with Crippen LogP contribution in [0, 0.1) is 11.8 Å². The van der Waals surface area contributed by atoms with Crippen molar-refractivity contribution in [3.8, 4) is 0 Å². The standard InChI is InChI=1S/C17H27ClN2O2S/c1-14-10-15(2)12-20(11-14)9-5-8-19-23(21,22)13-16-6-3-4-7-17(16)18/h3-4,6-7,14-15,19H,5,8-13H2,1-2H3/t14-,15-/m1/s1. The number of benzene rings is 1. The number of hydrogen-bond donors (Lipinski definition) is 1. The van der Waals surface area contributed by atoms with Gasteiger partial charge in [-0.1, -0.05) is 43.6 Å². The first-order valence-corrected chi connectivity index (χ1v) is 10.3. The molecule has 1 aliphatic heterocycles. The second-order valence-electron chi connectivity index (χ2n) is 6.80. The van der Waals surface area contributed by atoms with Crippen molar-refractivity contribution in [2.45, 2.75) is 32.4 Å². The summed E-state index contributed by atoms with van der Waals surface area (Å²) >= 11 is 6.02. The van der Waals surface area contributed by atoms with Gasteiger partial charge in [0.1, 0.15) is 0 Å². The summed E-state index contributed by atoms with van der Waals surface area (Å²) in [5, 5.41) is 0.495. The fourth-order valence-electron chi connectivity index (χ4n) is 3.38. The van der Waals surface area contributed by atoms with Crippen molar-refractivity contribution in [3.05, 3.63) is 34.9 Å². The zero-order valence-electron chi connectivity index (χ0n) is 14.0. The van der Waals surface area contributed by atoms with E-state index in [2.05, 4.69) is 23.5 Å². The van der Waals surface area contributed by atoms with Crippen LogP contribution in [0.25, 0.3) is 0 Å². The van der Waals surface area contributed by atoms with E-state index in [0.29, 0.717) is 17.1 Å². The third-order valence-corrected chi connectivity index (χ3v) is 5.92. The number of likely N-dealkylation sites (tertiary alicyclic amines) is 1. The van der Waals surface area contributed by atoms with E-state index in [9.17, 15) is 8.42 Å². The number of nitrogens with one attached hydrogen (secondary N) is 1. The van der Waals surface area contributed by atoms with Crippen LogP contribution >= 0.6 is 11.6 Å². The molecule has 0 radical (unpaired) electrons. The molecular formula is C17H27ClN2O2S. The normalized spacial score (nSPS) is 23.1. The fraction of sp³-hybridized carbons (Fsp3) is 0.647. The molecule has 0 spiro atoms. The van der Waals surface area contributed by atoms with Crippen molar-refractivity contribution in [3.63, 3.8) is 0 Å². The van der Waals surface area contributed by atoms with Crippen LogP contribution < -0.4 is 4.72 Å². The Morgan fingerprint density at radius 2 is 1.87 bits per heavy atom. The summed E-state index contributed by atoms with van der Waals surface area (Å²) in [6.45, 7) is 8.24. The average Bonchev–Trinajstić information content (AvgIpc) is 2.45. The smallest absolute Gasteiger partial charge is 0.215 e. The molecule has 0 aliphatic carbocycles. The summed E-state index contributed by atoms with van der Waals surface area (Å²) in [5.74, 6) is 1.40. The Morgan fingerprint density at radius 3 is 2.52 bits per heavy atom. The van der Waals surface area contributed by atoms with E-state index in [1.807, 2.05) is 0 Å². The SMILES string of the molecule is C[C@@H]1C[C@@H](C)CN(CCCNS(=O)(=O)Cc2ccccc2Cl)C1. The fourth-order valence-corrected chi connectivity index (χ4v) is 4.88. The monoisotopic (exact) mass is 358 g/mol. The molecule has 1 fully saturated rings. The largest absolute Gasteiger partial charge is 0.303 e. The van der Waals surface area contributed by atoms with Gasteiger partial charge in [-0.2, -0.15) is 0 Å². The second-order valence-corrected chi connectivity index (χ2v) is 9.02. The summed E-state index contributed by atoms with van der Waals surface area (Å²) in [6, 6.07) is 7.06. The van der Waals surface area contributed by atoms with Crippen LogP contribution in [0.1, 0.15) is 32.3 Å². The maximum atomic E-state index is 12.1. The number of hydrogen-bond acceptors (Lipinski definition) is 3. The highest BCUT2D eigenvalue weighted by atomic mass is 35.5. The lowest BCUT2D eigenvalue weighted by Crippen LogP contribution is -2.40.